The highest BCUT2D eigenvalue weighted by Gasteiger charge is 2.27. The van der Waals surface area contributed by atoms with Crippen molar-refractivity contribution in [2.45, 2.75) is 59.2 Å². The third kappa shape index (κ3) is 8.71. The first-order valence-corrected chi connectivity index (χ1v) is 14.2. The Morgan fingerprint density at radius 3 is 2.39 bits per heavy atom. The average Bonchev–Trinajstić information content (AvgIpc) is 2.79. The van der Waals surface area contributed by atoms with Gasteiger partial charge in [0.2, 0.25) is 21.8 Å². The van der Waals surface area contributed by atoms with E-state index in [1.165, 1.54) is 9.21 Å². The van der Waals surface area contributed by atoms with Crippen LogP contribution in [0.15, 0.2) is 48.5 Å². The van der Waals surface area contributed by atoms with E-state index in [1.807, 2.05) is 26.8 Å². The van der Waals surface area contributed by atoms with Gasteiger partial charge in [-0.1, -0.05) is 35.9 Å². The summed E-state index contributed by atoms with van der Waals surface area (Å²) >= 11 is 6.12. The summed E-state index contributed by atoms with van der Waals surface area (Å²) in [7, 11) is -3.62. The van der Waals surface area contributed by atoms with Crippen molar-refractivity contribution in [1.82, 2.24) is 10.2 Å². The van der Waals surface area contributed by atoms with E-state index in [9.17, 15) is 18.0 Å². The van der Waals surface area contributed by atoms with Gasteiger partial charge in [0.15, 0.2) is 0 Å². The predicted octanol–water partition coefficient (Wildman–Crippen LogP) is 4.23. The predicted molar refractivity (Wildman–Crippen MR) is 144 cm³/mol. The molecule has 2 aromatic rings. The molecule has 0 bridgehead atoms. The Labute approximate surface area is 219 Å². The maximum Gasteiger partial charge on any atom is 0.242 e. The van der Waals surface area contributed by atoms with Gasteiger partial charge in [-0.2, -0.15) is 0 Å². The number of benzene rings is 2. The average molecular weight is 538 g/mol. The number of anilines is 1. The number of carbonyl (C=O) groups is 2. The number of halogens is 1. The van der Waals surface area contributed by atoms with Crippen molar-refractivity contribution >= 4 is 39.1 Å². The fourth-order valence-corrected chi connectivity index (χ4v) is 4.92. The van der Waals surface area contributed by atoms with Crippen LogP contribution in [0.1, 0.15) is 46.1 Å². The third-order valence-corrected chi connectivity index (χ3v) is 6.84. The Morgan fingerprint density at radius 2 is 1.78 bits per heavy atom. The van der Waals surface area contributed by atoms with Gasteiger partial charge in [0.05, 0.1) is 18.6 Å². The van der Waals surface area contributed by atoms with Crippen LogP contribution in [0.2, 0.25) is 5.02 Å². The van der Waals surface area contributed by atoms with E-state index in [1.54, 1.807) is 49.4 Å². The Hall–Kier alpha value is -2.78. The van der Waals surface area contributed by atoms with Crippen molar-refractivity contribution in [2.75, 3.05) is 23.7 Å². The molecule has 1 N–H and O–H groups in total. The molecule has 0 unspecified atom stereocenters. The number of sulfonamides is 1. The maximum atomic E-state index is 13.3. The summed E-state index contributed by atoms with van der Waals surface area (Å²) in [4.78, 5) is 27.5. The molecule has 2 rings (SSSR count). The summed E-state index contributed by atoms with van der Waals surface area (Å²) in [5.74, 6) is -0.0602. The lowest BCUT2D eigenvalue weighted by Crippen LogP contribution is -2.49. The summed E-state index contributed by atoms with van der Waals surface area (Å²) in [5, 5.41) is 3.39. The van der Waals surface area contributed by atoms with Crippen LogP contribution in [0, 0.1) is 0 Å². The molecule has 0 aliphatic heterocycles. The molecule has 0 radical (unpaired) electrons. The van der Waals surface area contributed by atoms with E-state index in [-0.39, 0.29) is 43.8 Å². The van der Waals surface area contributed by atoms with Crippen LogP contribution in [-0.4, -0.2) is 56.6 Å². The first-order valence-electron chi connectivity index (χ1n) is 12.0. The number of ether oxygens (including phenoxy) is 1. The van der Waals surface area contributed by atoms with Crippen LogP contribution in [0.3, 0.4) is 0 Å². The summed E-state index contributed by atoms with van der Waals surface area (Å²) in [6.45, 7) is 7.90. The smallest absolute Gasteiger partial charge is 0.242 e. The monoisotopic (exact) mass is 537 g/mol. The van der Waals surface area contributed by atoms with Crippen LogP contribution in [0.25, 0.3) is 0 Å². The highest BCUT2D eigenvalue weighted by atomic mass is 35.5. The zero-order valence-electron chi connectivity index (χ0n) is 21.5. The molecule has 1 atom stereocenters. The molecule has 0 saturated carbocycles. The van der Waals surface area contributed by atoms with Crippen molar-refractivity contribution in [1.29, 1.82) is 0 Å². The lowest BCUT2D eigenvalue weighted by molar-refractivity contribution is -0.140. The quantitative estimate of drug-likeness (QED) is 0.412. The molecular formula is C26H36ClN3O5S. The summed E-state index contributed by atoms with van der Waals surface area (Å²) in [6, 6.07) is 13.2. The van der Waals surface area contributed by atoms with Crippen LogP contribution in [0.4, 0.5) is 5.69 Å². The minimum absolute atomic E-state index is 0.0582. The number of para-hydroxylation sites is 2. The number of hydrogen-bond donors (Lipinski definition) is 1. The lowest BCUT2D eigenvalue weighted by Gasteiger charge is -2.30. The molecule has 36 heavy (non-hydrogen) atoms. The topological polar surface area (TPSA) is 96.0 Å². The molecule has 198 valence electrons. The second-order valence-corrected chi connectivity index (χ2v) is 11.2. The lowest BCUT2D eigenvalue weighted by atomic mass is 10.1. The van der Waals surface area contributed by atoms with E-state index < -0.39 is 16.1 Å². The van der Waals surface area contributed by atoms with Gasteiger partial charge in [-0.25, -0.2) is 8.42 Å². The molecule has 0 spiro atoms. The van der Waals surface area contributed by atoms with Crippen molar-refractivity contribution in [2.24, 2.45) is 0 Å². The number of nitrogens with zero attached hydrogens (tertiary/aromatic N) is 2. The second kappa shape index (κ2) is 13.5. The highest BCUT2D eigenvalue weighted by molar-refractivity contribution is 7.92. The van der Waals surface area contributed by atoms with Gasteiger partial charge >= 0.3 is 0 Å². The molecule has 10 heteroatoms. The van der Waals surface area contributed by atoms with Gasteiger partial charge in [0.1, 0.15) is 11.8 Å². The Morgan fingerprint density at radius 1 is 1.08 bits per heavy atom. The standard InChI is InChI=1S/C26H36ClN3O5S/c1-6-35-24-14-8-7-13-23(24)30(36(5,33)34)16-10-15-25(31)29(20(4)26(32)28-19(2)3)18-21-11-9-12-22(27)17-21/h7-9,11-14,17,19-20H,6,10,15-16,18H2,1-5H3,(H,28,32)/t20-/m1/s1. The van der Waals surface area contributed by atoms with Crippen molar-refractivity contribution < 1.29 is 22.7 Å². The van der Waals surface area contributed by atoms with E-state index in [0.717, 1.165) is 11.8 Å². The normalized spacial score (nSPS) is 12.2. The van der Waals surface area contributed by atoms with Gasteiger partial charge in [0, 0.05) is 30.6 Å². The van der Waals surface area contributed by atoms with E-state index in [0.29, 0.717) is 23.1 Å². The summed E-state index contributed by atoms with van der Waals surface area (Å²) in [6.07, 6.45) is 1.45. The maximum absolute atomic E-state index is 13.3. The third-order valence-electron chi connectivity index (χ3n) is 5.43. The van der Waals surface area contributed by atoms with E-state index in [4.69, 9.17) is 16.3 Å². The zero-order valence-corrected chi connectivity index (χ0v) is 23.1. The number of amides is 2. The number of nitrogens with one attached hydrogen (secondary N) is 1. The van der Waals surface area contributed by atoms with Gasteiger partial charge in [-0.05, 0) is 63.9 Å². The zero-order chi connectivity index (χ0) is 26.9. The highest BCUT2D eigenvalue weighted by Crippen LogP contribution is 2.30. The molecule has 2 aromatic carbocycles. The fourth-order valence-electron chi connectivity index (χ4n) is 3.74. The minimum Gasteiger partial charge on any atom is -0.492 e. The van der Waals surface area contributed by atoms with Gasteiger partial charge in [0.25, 0.3) is 0 Å². The Balaban J connectivity index is 2.21. The molecule has 0 fully saturated rings. The summed E-state index contributed by atoms with van der Waals surface area (Å²) < 4.78 is 32.0. The second-order valence-electron chi connectivity index (χ2n) is 8.83. The largest absolute Gasteiger partial charge is 0.492 e. The summed E-state index contributed by atoms with van der Waals surface area (Å²) in [5.41, 5.74) is 1.22. The first-order chi connectivity index (χ1) is 16.9. The fraction of sp³-hybridized carbons (Fsp3) is 0.462. The van der Waals surface area contributed by atoms with Crippen molar-refractivity contribution in [3.05, 3.63) is 59.1 Å². The number of hydrogen-bond acceptors (Lipinski definition) is 5. The molecule has 0 aliphatic rings. The van der Waals surface area contributed by atoms with Crippen LogP contribution < -0.4 is 14.4 Å². The molecule has 8 nitrogen and oxygen atoms in total. The Kier molecular flexibility index (Phi) is 11.0. The molecule has 2 amide bonds. The van der Waals surface area contributed by atoms with Crippen molar-refractivity contribution in [3.63, 3.8) is 0 Å². The Bertz CT molecular complexity index is 1140. The van der Waals surface area contributed by atoms with Crippen LogP contribution >= 0.6 is 11.6 Å². The van der Waals surface area contributed by atoms with Gasteiger partial charge in [-0.15, -0.1) is 0 Å². The molecule has 0 aliphatic carbocycles. The van der Waals surface area contributed by atoms with Crippen LogP contribution in [0.5, 0.6) is 5.75 Å². The van der Waals surface area contributed by atoms with E-state index >= 15 is 0 Å². The van der Waals surface area contributed by atoms with Crippen LogP contribution in [-0.2, 0) is 26.2 Å². The van der Waals surface area contributed by atoms with Gasteiger partial charge in [-0.3, -0.25) is 13.9 Å². The minimum atomic E-state index is -3.62. The molecular weight excluding hydrogens is 502 g/mol. The first kappa shape index (κ1) is 29.5. The van der Waals surface area contributed by atoms with E-state index in [2.05, 4.69) is 5.32 Å². The van der Waals surface area contributed by atoms with Crippen molar-refractivity contribution in [3.8, 4) is 5.75 Å². The molecule has 0 saturated heterocycles. The molecule has 0 heterocycles. The number of carbonyl (C=O) groups excluding carboxylic acids is 2. The SMILES string of the molecule is CCOc1ccccc1N(CCCC(=O)N(Cc1cccc(Cl)c1)[C@H](C)C(=O)NC(C)C)S(C)(=O)=O. The van der Waals surface area contributed by atoms with Gasteiger partial charge < -0.3 is 15.0 Å². The molecule has 0 aromatic heterocycles. The number of rotatable bonds is 13.